The van der Waals surface area contributed by atoms with Gasteiger partial charge in [0.05, 0.1) is 18.2 Å². The lowest BCUT2D eigenvalue weighted by atomic mass is 9.93. The molecule has 1 saturated heterocycles. The van der Waals surface area contributed by atoms with Crippen molar-refractivity contribution < 1.29 is 4.52 Å². The first-order valence-electron chi connectivity index (χ1n) is 10.0. The largest absolute Gasteiger partial charge is 0.319 e. The van der Waals surface area contributed by atoms with E-state index in [9.17, 15) is 0 Å². The molecule has 6 heteroatoms. The monoisotopic (exact) mass is 500 g/mol. The average molecular weight is 501 g/mol. The molecule has 0 amide bonds. The second kappa shape index (κ2) is 9.04. The molecule has 3 aromatic carbocycles. The van der Waals surface area contributed by atoms with Crippen LogP contribution in [0.25, 0.3) is 0 Å². The Bertz CT molecular complexity index is 994. The summed E-state index contributed by atoms with van der Waals surface area (Å²) in [6, 6.07) is 29.7. The summed E-state index contributed by atoms with van der Waals surface area (Å²) in [4.78, 5) is 0. The molecule has 156 valence electrons. The van der Waals surface area contributed by atoms with Crippen molar-refractivity contribution in [3.63, 3.8) is 0 Å². The number of halogens is 1. The molecule has 30 heavy (non-hydrogen) atoms. The number of likely N-dealkylation sites (N-methyl/N-ethyl adjacent to an activating group) is 2. The Labute approximate surface area is 193 Å². The van der Waals surface area contributed by atoms with E-state index in [0.717, 1.165) is 10.0 Å². The normalized spacial score (nSPS) is 22.8. The van der Waals surface area contributed by atoms with Crippen molar-refractivity contribution in [1.82, 2.24) is 9.34 Å². The van der Waals surface area contributed by atoms with Gasteiger partial charge in [-0.2, -0.15) is 0 Å². The van der Waals surface area contributed by atoms with Crippen molar-refractivity contribution in [2.45, 2.75) is 25.1 Å². The summed E-state index contributed by atoms with van der Waals surface area (Å²) in [6.07, 6.45) is -0.123. The Morgan fingerprint density at radius 2 is 1.23 bits per heavy atom. The molecule has 0 unspecified atom stereocenters. The second-order valence-electron chi connectivity index (χ2n) is 7.62. The summed E-state index contributed by atoms with van der Waals surface area (Å²) >= 11 is 9.97. The van der Waals surface area contributed by atoms with Crippen LogP contribution in [0.1, 0.15) is 41.8 Å². The molecule has 0 N–H and O–H groups in total. The highest BCUT2D eigenvalue weighted by molar-refractivity contribution is 9.10. The molecule has 3 aromatic rings. The lowest BCUT2D eigenvalue weighted by molar-refractivity contribution is 0.220. The van der Waals surface area contributed by atoms with Crippen LogP contribution in [0.2, 0.25) is 0 Å². The van der Waals surface area contributed by atoms with E-state index in [4.69, 9.17) is 16.3 Å². The maximum Gasteiger partial charge on any atom is 0.204 e. The number of hydrogen-bond acceptors (Lipinski definition) is 2. The van der Waals surface area contributed by atoms with Crippen LogP contribution in [0.4, 0.5) is 0 Å². The summed E-state index contributed by atoms with van der Waals surface area (Å²) in [7, 11) is 4.23. The Morgan fingerprint density at radius 1 is 0.800 bits per heavy atom. The van der Waals surface area contributed by atoms with Crippen molar-refractivity contribution in [1.29, 1.82) is 0 Å². The van der Waals surface area contributed by atoms with Crippen LogP contribution in [0, 0.1) is 0 Å². The smallest absolute Gasteiger partial charge is 0.204 e. The predicted molar refractivity (Wildman–Crippen MR) is 132 cm³/mol. The number of hydrogen-bond donors (Lipinski definition) is 0. The fraction of sp³-hybridized carbons (Fsp3) is 0.250. The van der Waals surface area contributed by atoms with Crippen molar-refractivity contribution in [2.24, 2.45) is 0 Å². The minimum absolute atomic E-state index is 0.121. The summed E-state index contributed by atoms with van der Waals surface area (Å²) in [5, 5.41) is 0. The minimum atomic E-state index is -2.46. The minimum Gasteiger partial charge on any atom is -0.319 e. The van der Waals surface area contributed by atoms with E-state index in [0.29, 0.717) is 0 Å². The summed E-state index contributed by atoms with van der Waals surface area (Å²) in [5.41, 5.74) is 3.62. The molecule has 0 radical (unpaired) electrons. The lowest BCUT2D eigenvalue weighted by Gasteiger charge is -2.33. The first kappa shape index (κ1) is 21.9. The highest BCUT2D eigenvalue weighted by atomic mass is 79.9. The van der Waals surface area contributed by atoms with Gasteiger partial charge < -0.3 is 4.52 Å². The zero-order chi connectivity index (χ0) is 21.3. The first-order valence-corrected chi connectivity index (χ1v) is 13.4. The number of rotatable bonds is 5. The number of nitrogens with zero attached hydrogens (tertiary/aromatic N) is 2. The van der Waals surface area contributed by atoms with E-state index in [1.165, 1.54) is 11.1 Å². The third-order valence-corrected chi connectivity index (χ3v) is 11.0. The quantitative estimate of drug-likeness (QED) is 0.346. The molecule has 1 fully saturated rings. The van der Waals surface area contributed by atoms with Crippen molar-refractivity contribution in [2.75, 3.05) is 14.1 Å². The Kier molecular flexibility index (Phi) is 6.59. The SMILES string of the molecule is C[C@H](OP1(=S)N(C)[C@H](c2ccccc2)[C@@H](c2ccccc2)N1C)c1ccccc1Br. The molecular formula is C24H26BrN2OPS. The summed E-state index contributed by atoms with van der Waals surface area (Å²) in [5.74, 6) is 0. The molecule has 0 aromatic heterocycles. The van der Waals surface area contributed by atoms with Gasteiger partial charge in [0, 0.05) is 4.47 Å². The summed E-state index contributed by atoms with van der Waals surface area (Å²) < 4.78 is 12.4. The van der Waals surface area contributed by atoms with Crippen LogP contribution in [0.5, 0.6) is 0 Å². The molecule has 3 nitrogen and oxygen atoms in total. The average Bonchev–Trinajstić information content (AvgIpc) is 2.96. The molecule has 1 aliphatic rings. The zero-order valence-electron chi connectivity index (χ0n) is 17.4. The van der Waals surface area contributed by atoms with Crippen LogP contribution in [-0.2, 0) is 16.3 Å². The Morgan fingerprint density at radius 3 is 1.70 bits per heavy atom. The molecule has 4 rings (SSSR count). The Balaban J connectivity index is 1.75. The van der Waals surface area contributed by atoms with Gasteiger partial charge in [-0.3, -0.25) is 0 Å². The maximum atomic E-state index is 6.74. The van der Waals surface area contributed by atoms with Gasteiger partial charge in [0.1, 0.15) is 0 Å². The van der Waals surface area contributed by atoms with Crippen LogP contribution < -0.4 is 0 Å². The van der Waals surface area contributed by atoms with Crippen molar-refractivity contribution >= 4 is 34.3 Å². The number of benzene rings is 3. The highest BCUT2D eigenvalue weighted by Gasteiger charge is 2.51. The van der Waals surface area contributed by atoms with Gasteiger partial charge in [0.2, 0.25) is 6.57 Å². The third kappa shape index (κ3) is 3.95. The third-order valence-electron chi connectivity index (χ3n) is 5.82. The molecule has 3 atom stereocenters. The van der Waals surface area contributed by atoms with E-state index in [1.54, 1.807) is 0 Å². The fourth-order valence-corrected chi connectivity index (χ4v) is 8.28. The van der Waals surface area contributed by atoms with Crippen LogP contribution in [0.3, 0.4) is 0 Å². The molecule has 0 aliphatic carbocycles. The zero-order valence-corrected chi connectivity index (χ0v) is 20.6. The topological polar surface area (TPSA) is 15.7 Å². The van der Waals surface area contributed by atoms with Gasteiger partial charge in [0.25, 0.3) is 0 Å². The van der Waals surface area contributed by atoms with Gasteiger partial charge in [-0.05, 0) is 55.6 Å². The van der Waals surface area contributed by atoms with E-state index in [-0.39, 0.29) is 18.2 Å². The van der Waals surface area contributed by atoms with E-state index in [2.05, 4.69) is 113 Å². The van der Waals surface area contributed by atoms with Crippen molar-refractivity contribution in [3.05, 3.63) is 106 Å². The van der Waals surface area contributed by atoms with Crippen molar-refractivity contribution in [3.8, 4) is 0 Å². The van der Waals surface area contributed by atoms with Gasteiger partial charge in [-0.15, -0.1) is 0 Å². The van der Waals surface area contributed by atoms with Crippen LogP contribution in [0.15, 0.2) is 89.4 Å². The highest BCUT2D eigenvalue weighted by Crippen LogP contribution is 2.70. The van der Waals surface area contributed by atoms with Crippen LogP contribution in [-0.4, -0.2) is 23.4 Å². The molecule has 1 aliphatic heterocycles. The molecule has 0 saturated carbocycles. The molecular weight excluding hydrogens is 475 g/mol. The Hall–Kier alpha value is -1.33. The van der Waals surface area contributed by atoms with E-state index >= 15 is 0 Å². The fourth-order valence-electron chi connectivity index (χ4n) is 4.26. The molecule has 0 bridgehead atoms. The second-order valence-corrected chi connectivity index (χ2v) is 12.4. The lowest BCUT2D eigenvalue weighted by Crippen LogP contribution is -2.20. The maximum absolute atomic E-state index is 6.74. The van der Waals surface area contributed by atoms with Gasteiger partial charge in [-0.25, -0.2) is 9.34 Å². The van der Waals surface area contributed by atoms with Gasteiger partial charge >= 0.3 is 0 Å². The molecule has 1 heterocycles. The standard InChI is InChI=1S/C24H26BrN2OPS/c1-18(21-16-10-11-17-22(21)25)28-29(30)26(2)23(19-12-6-4-7-13-19)24(27(29)3)20-14-8-5-9-15-20/h4-18,23-24H,1-3H3/t18-,23+,24+/m0/s1. The van der Waals surface area contributed by atoms with Crippen LogP contribution >= 0.6 is 22.5 Å². The van der Waals surface area contributed by atoms with E-state index in [1.807, 2.05) is 18.2 Å². The van der Waals surface area contributed by atoms with Gasteiger partial charge in [0.15, 0.2) is 0 Å². The summed E-state index contributed by atoms with van der Waals surface area (Å²) in [6.45, 7) is -0.371. The first-order chi connectivity index (χ1) is 14.4. The predicted octanol–water partition coefficient (Wildman–Crippen LogP) is 7.11. The molecule has 0 spiro atoms. The van der Waals surface area contributed by atoms with Gasteiger partial charge in [-0.1, -0.05) is 94.8 Å². The van der Waals surface area contributed by atoms with E-state index < -0.39 is 6.57 Å².